The minimum Gasteiger partial charge on any atom is -0.545 e. The van der Waals surface area contributed by atoms with Crippen molar-refractivity contribution in [3.8, 4) is 11.3 Å². The maximum absolute atomic E-state index is 12.3. The summed E-state index contributed by atoms with van der Waals surface area (Å²) in [5.74, 6) is -0.521. The SMILES string of the molecule is Cc1ccc(N=C2NC(=O)/C(=C\c3ccc(-c4cccc(C(=O)[O-])c4)o3)S2)c(C)c1. The number of benzene rings is 2. The Hall–Kier alpha value is -3.58. The molecule has 2 aromatic carbocycles. The number of aryl methyl sites for hydroxylation is 2. The van der Waals surface area contributed by atoms with Crippen molar-refractivity contribution in [3.63, 3.8) is 0 Å². The highest BCUT2D eigenvalue weighted by Crippen LogP contribution is 2.31. The number of amides is 1. The number of nitrogens with one attached hydrogen (secondary N) is 1. The van der Waals surface area contributed by atoms with Crippen LogP contribution in [0.4, 0.5) is 5.69 Å². The fraction of sp³-hybridized carbons (Fsp3) is 0.0870. The fourth-order valence-electron chi connectivity index (χ4n) is 3.03. The summed E-state index contributed by atoms with van der Waals surface area (Å²) in [6, 6.07) is 15.7. The van der Waals surface area contributed by atoms with Gasteiger partial charge in [0.15, 0.2) is 5.17 Å². The Morgan fingerprint density at radius 1 is 1.13 bits per heavy atom. The molecule has 2 heterocycles. The van der Waals surface area contributed by atoms with Crippen LogP contribution in [0.25, 0.3) is 17.4 Å². The molecule has 1 aliphatic heterocycles. The lowest BCUT2D eigenvalue weighted by Crippen LogP contribution is -2.22. The Morgan fingerprint density at radius 2 is 1.97 bits per heavy atom. The summed E-state index contributed by atoms with van der Waals surface area (Å²) in [6.07, 6.45) is 1.64. The van der Waals surface area contributed by atoms with Gasteiger partial charge in [0, 0.05) is 11.6 Å². The Labute approximate surface area is 177 Å². The van der Waals surface area contributed by atoms with Gasteiger partial charge in [0.1, 0.15) is 11.5 Å². The van der Waals surface area contributed by atoms with Gasteiger partial charge in [-0.1, -0.05) is 35.9 Å². The number of aliphatic imine (C=N–C) groups is 1. The van der Waals surface area contributed by atoms with Crippen LogP contribution in [0.5, 0.6) is 0 Å². The van der Waals surface area contributed by atoms with Crippen molar-refractivity contribution < 1.29 is 19.1 Å². The number of carboxylic acid groups (broad SMARTS) is 1. The van der Waals surface area contributed by atoms with E-state index in [1.54, 1.807) is 30.3 Å². The first kappa shape index (κ1) is 19.7. The third kappa shape index (κ3) is 4.21. The largest absolute Gasteiger partial charge is 0.545 e. The molecule has 0 atom stereocenters. The monoisotopic (exact) mass is 417 g/mol. The highest BCUT2D eigenvalue weighted by molar-refractivity contribution is 8.18. The van der Waals surface area contributed by atoms with Crippen LogP contribution in [0.3, 0.4) is 0 Å². The zero-order valence-corrected chi connectivity index (χ0v) is 17.1. The van der Waals surface area contributed by atoms with Crippen LogP contribution in [0.15, 0.2) is 68.9 Å². The molecular weight excluding hydrogens is 400 g/mol. The second-order valence-corrected chi connectivity index (χ2v) is 7.87. The molecule has 0 spiro atoms. The third-order valence-corrected chi connectivity index (χ3v) is 5.42. The van der Waals surface area contributed by atoms with E-state index in [0.717, 1.165) is 16.8 Å². The first-order valence-electron chi connectivity index (χ1n) is 9.17. The molecular formula is C23H17N2O4S-. The van der Waals surface area contributed by atoms with E-state index in [1.807, 2.05) is 32.0 Å². The van der Waals surface area contributed by atoms with Gasteiger partial charge in [0.25, 0.3) is 5.91 Å². The van der Waals surface area contributed by atoms with E-state index in [1.165, 1.54) is 23.9 Å². The second-order valence-electron chi connectivity index (χ2n) is 6.84. The van der Waals surface area contributed by atoms with Crippen molar-refractivity contribution in [1.82, 2.24) is 5.32 Å². The number of carbonyl (C=O) groups excluding carboxylic acids is 2. The van der Waals surface area contributed by atoms with Gasteiger partial charge in [-0.2, -0.15) is 0 Å². The molecule has 1 aromatic heterocycles. The smallest absolute Gasteiger partial charge is 0.264 e. The zero-order valence-electron chi connectivity index (χ0n) is 16.3. The van der Waals surface area contributed by atoms with Gasteiger partial charge >= 0.3 is 0 Å². The van der Waals surface area contributed by atoms with Crippen molar-refractivity contribution >= 4 is 40.6 Å². The number of rotatable bonds is 4. The molecule has 0 aliphatic carbocycles. The Bertz CT molecular complexity index is 1220. The van der Waals surface area contributed by atoms with Crippen LogP contribution in [-0.2, 0) is 4.79 Å². The van der Waals surface area contributed by atoms with Crippen molar-refractivity contribution in [2.45, 2.75) is 13.8 Å². The number of nitrogens with zero attached hydrogens (tertiary/aromatic N) is 1. The molecule has 150 valence electrons. The van der Waals surface area contributed by atoms with Crippen LogP contribution < -0.4 is 10.4 Å². The second kappa shape index (κ2) is 8.04. The highest BCUT2D eigenvalue weighted by atomic mass is 32.2. The standard InChI is InChI=1S/C23H18N2O4S/c1-13-6-8-18(14(2)10-13)24-23-25-21(26)20(30-23)12-17-7-9-19(29-17)15-4-3-5-16(11-15)22(27)28/h3-12H,1-2H3,(H,27,28)(H,24,25,26)/p-1/b20-12+. The van der Waals surface area contributed by atoms with Gasteiger partial charge in [0.2, 0.25) is 0 Å². The Balaban J connectivity index is 1.56. The van der Waals surface area contributed by atoms with E-state index in [9.17, 15) is 14.7 Å². The maximum Gasteiger partial charge on any atom is 0.264 e. The van der Waals surface area contributed by atoms with Gasteiger partial charge in [0.05, 0.1) is 16.6 Å². The minimum atomic E-state index is -1.25. The molecule has 1 amide bonds. The van der Waals surface area contributed by atoms with Crippen molar-refractivity contribution in [1.29, 1.82) is 0 Å². The van der Waals surface area contributed by atoms with Crippen LogP contribution in [0, 0.1) is 13.8 Å². The molecule has 1 N–H and O–H groups in total. The van der Waals surface area contributed by atoms with Gasteiger partial charge < -0.3 is 19.6 Å². The summed E-state index contributed by atoms with van der Waals surface area (Å²) >= 11 is 1.24. The zero-order chi connectivity index (χ0) is 21.3. The van der Waals surface area contributed by atoms with Crippen LogP contribution in [0.2, 0.25) is 0 Å². The number of carbonyl (C=O) groups is 2. The predicted octanol–water partition coefficient (Wildman–Crippen LogP) is 3.82. The van der Waals surface area contributed by atoms with Crippen molar-refractivity contribution in [2.75, 3.05) is 0 Å². The molecule has 1 fully saturated rings. The average Bonchev–Trinajstić information content (AvgIpc) is 3.31. The van der Waals surface area contributed by atoms with Crippen LogP contribution in [-0.4, -0.2) is 17.0 Å². The van der Waals surface area contributed by atoms with E-state index in [0.29, 0.717) is 27.2 Å². The van der Waals surface area contributed by atoms with Crippen LogP contribution in [0.1, 0.15) is 27.2 Å². The van der Waals surface area contributed by atoms with Crippen LogP contribution >= 0.6 is 11.8 Å². The molecule has 0 saturated carbocycles. The van der Waals surface area contributed by atoms with Gasteiger partial charge in [-0.15, -0.1) is 0 Å². The van der Waals surface area contributed by atoms with Crippen molar-refractivity contribution in [2.24, 2.45) is 4.99 Å². The summed E-state index contributed by atoms with van der Waals surface area (Å²) < 4.78 is 5.78. The average molecular weight is 417 g/mol. The number of hydrogen-bond donors (Lipinski definition) is 1. The lowest BCUT2D eigenvalue weighted by molar-refractivity contribution is -0.255. The van der Waals surface area contributed by atoms with E-state index >= 15 is 0 Å². The van der Waals surface area contributed by atoms with E-state index in [4.69, 9.17) is 4.42 Å². The molecule has 1 saturated heterocycles. The number of hydrogen-bond acceptors (Lipinski definition) is 6. The molecule has 4 rings (SSSR count). The molecule has 1 aliphatic rings. The quantitative estimate of drug-likeness (QED) is 0.651. The number of thioether (sulfide) groups is 1. The predicted molar refractivity (Wildman–Crippen MR) is 115 cm³/mol. The maximum atomic E-state index is 12.3. The van der Waals surface area contributed by atoms with E-state index in [2.05, 4.69) is 10.3 Å². The fourth-order valence-corrected chi connectivity index (χ4v) is 3.85. The Kier molecular flexibility index (Phi) is 5.29. The summed E-state index contributed by atoms with van der Waals surface area (Å²) in [6.45, 7) is 3.99. The summed E-state index contributed by atoms with van der Waals surface area (Å²) in [5, 5.41) is 14.3. The molecule has 0 radical (unpaired) electrons. The highest BCUT2D eigenvalue weighted by Gasteiger charge is 2.24. The molecule has 0 bridgehead atoms. The van der Waals surface area contributed by atoms with Gasteiger partial charge in [-0.25, -0.2) is 4.99 Å². The molecule has 30 heavy (non-hydrogen) atoms. The number of furan rings is 1. The molecule has 0 unspecified atom stereocenters. The summed E-state index contributed by atoms with van der Waals surface area (Å²) in [7, 11) is 0. The van der Waals surface area contributed by atoms with Crippen molar-refractivity contribution in [3.05, 3.63) is 82.0 Å². The lowest BCUT2D eigenvalue weighted by Gasteiger charge is -2.03. The van der Waals surface area contributed by atoms with E-state index < -0.39 is 5.97 Å². The first-order chi connectivity index (χ1) is 14.4. The third-order valence-electron chi connectivity index (χ3n) is 4.51. The minimum absolute atomic E-state index is 0.0711. The lowest BCUT2D eigenvalue weighted by atomic mass is 10.1. The molecule has 6 nitrogen and oxygen atoms in total. The van der Waals surface area contributed by atoms with Gasteiger partial charge in [-0.05, 0) is 61.0 Å². The topological polar surface area (TPSA) is 94.7 Å². The molecule has 7 heteroatoms. The number of carboxylic acids is 1. The Morgan fingerprint density at radius 3 is 2.73 bits per heavy atom. The summed E-state index contributed by atoms with van der Waals surface area (Å²) in [4.78, 5) is 28.4. The summed E-state index contributed by atoms with van der Waals surface area (Å²) in [5.41, 5.74) is 3.67. The first-order valence-corrected chi connectivity index (χ1v) is 9.99. The molecule has 3 aromatic rings. The van der Waals surface area contributed by atoms with E-state index in [-0.39, 0.29) is 11.5 Å². The van der Waals surface area contributed by atoms with Gasteiger partial charge in [-0.3, -0.25) is 4.79 Å². The number of amidine groups is 1. The number of aromatic carboxylic acids is 1. The normalized spacial score (nSPS) is 16.3.